The first kappa shape index (κ1) is 58.5. The standard InChI is InChI=1S/C29H23N5O10S3.Cu.4Na.H2O4S/c1-3-45(37,38)17-14-16-8-11-23(29(36)26(16)25(15-17)47(42,43)44)33-32-22-13-9-18-19(28(22)35)10-12-21(30-2)27(18)34-31-20-6-4-5-7-24(20)46(39,40)41;;;;;;1-5(2,3)4/h4-12,14-15,30,35-36H,1,3H2,2H3,(H,39,40,41)(H,42,43,44);;;;;;(H2,1,2,3,4)/q-2;;4*+1;/p-3. The van der Waals surface area contributed by atoms with Gasteiger partial charge in [-0.15, -0.1) is 5.11 Å². The van der Waals surface area contributed by atoms with E-state index < -0.39 is 77.8 Å². The molecule has 4 N–H and O–H groups in total. The number of nitrogens with zero attached hydrogens (tertiary/aromatic N) is 4. The van der Waals surface area contributed by atoms with Gasteiger partial charge in [0.05, 0.1) is 20.4 Å². The topological polar surface area (TPSA) is 328 Å². The Hall–Kier alpha value is -0.621. The second-order valence-corrected chi connectivity index (χ2v) is 15.8. The first-order valence-electron chi connectivity index (χ1n) is 13.8. The third-order valence-electron chi connectivity index (χ3n) is 6.87. The van der Waals surface area contributed by atoms with E-state index in [1.807, 2.05) is 0 Å². The molecule has 1 radical (unpaired) electrons. The van der Waals surface area contributed by atoms with Crippen LogP contribution in [0.3, 0.4) is 0 Å². The molecule has 5 rings (SSSR count). The van der Waals surface area contributed by atoms with Crippen molar-refractivity contribution in [2.75, 3.05) is 18.1 Å². The van der Waals surface area contributed by atoms with E-state index in [4.69, 9.17) is 17.5 Å². The number of fused-ring (bicyclic) bond motifs is 2. The van der Waals surface area contributed by atoms with E-state index in [1.54, 1.807) is 7.05 Å². The normalized spacial score (nSPS) is 11.6. The molecular formula is C29H22CuN5Na4O14S4-. The Morgan fingerprint density at radius 3 is 1.82 bits per heavy atom. The first-order valence-corrected chi connectivity index (χ1v) is 19.6. The molecule has 0 aliphatic rings. The second-order valence-electron chi connectivity index (χ2n) is 10.1. The van der Waals surface area contributed by atoms with Crippen LogP contribution < -0.4 is 124 Å². The number of sulfone groups is 1. The molecule has 0 bridgehead atoms. The van der Waals surface area contributed by atoms with Crippen LogP contribution in [0.2, 0.25) is 0 Å². The Bertz CT molecular complexity index is 2760. The molecule has 28 heteroatoms. The van der Waals surface area contributed by atoms with Gasteiger partial charge in [0.1, 0.15) is 31.6 Å². The van der Waals surface area contributed by atoms with E-state index in [2.05, 4.69) is 38.8 Å². The number of benzene rings is 5. The van der Waals surface area contributed by atoms with Crippen molar-refractivity contribution < 1.29 is 197 Å². The van der Waals surface area contributed by atoms with E-state index in [9.17, 15) is 44.6 Å². The van der Waals surface area contributed by atoms with Gasteiger partial charge in [-0.2, -0.15) is 27.5 Å². The van der Waals surface area contributed by atoms with Gasteiger partial charge in [0.2, 0.25) is 10.4 Å². The molecule has 5 aromatic rings. The molecule has 0 fully saturated rings. The van der Waals surface area contributed by atoms with Crippen molar-refractivity contribution in [1.29, 1.82) is 0 Å². The largest absolute Gasteiger partial charge is 1.00 e. The van der Waals surface area contributed by atoms with E-state index in [-0.39, 0.29) is 174 Å². The summed E-state index contributed by atoms with van der Waals surface area (Å²) in [5.41, 5.74) is -0.189. The van der Waals surface area contributed by atoms with Crippen molar-refractivity contribution in [3.63, 3.8) is 0 Å². The van der Waals surface area contributed by atoms with Crippen LogP contribution in [0.4, 0.5) is 28.4 Å². The van der Waals surface area contributed by atoms with Gasteiger partial charge in [0.25, 0.3) is 0 Å². The molecule has 0 unspecified atom stereocenters. The van der Waals surface area contributed by atoms with E-state index in [1.165, 1.54) is 48.5 Å². The monoisotopic (exact) mass is 947 g/mol. The summed E-state index contributed by atoms with van der Waals surface area (Å²) in [4.78, 5) is -2.04. The Morgan fingerprint density at radius 2 is 1.28 bits per heavy atom. The summed E-state index contributed by atoms with van der Waals surface area (Å²) < 4.78 is 129. The predicted molar refractivity (Wildman–Crippen MR) is 180 cm³/mol. The van der Waals surface area contributed by atoms with Gasteiger partial charge in [-0.25, -0.2) is 33.7 Å². The molecule has 287 valence electrons. The minimum absolute atomic E-state index is 0. The maximum Gasteiger partial charge on any atom is 1.00 e. The summed E-state index contributed by atoms with van der Waals surface area (Å²) in [6.45, 7) is 3.30. The average Bonchev–Trinajstić information content (AvgIpc) is 3.05. The van der Waals surface area contributed by atoms with Gasteiger partial charge in [0.15, 0.2) is 15.6 Å². The minimum Gasteiger partial charge on any atom is -0.744 e. The third-order valence-corrected chi connectivity index (χ3v) is 10.1. The average molecular weight is 948 g/mol. The van der Waals surface area contributed by atoms with Crippen LogP contribution in [0.25, 0.3) is 21.5 Å². The molecule has 0 aliphatic carbocycles. The summed E-state index contributed by atoms with van der Waals surface area (Å²) in [7, 11) is -17.5. The van der Waals surface area contributed by atoms with Gasteiger partial charge < -0.3 is 36.1 Å². The molecule has 0 heterocycles. The van der Waals surface area contributed by atoms with Crippen LogP contribution in [0.1, 0.15) is 0 Å². The number of hydrogen-bond donors (Lipinski definition) is 4. The number of nitrogens with one attached hydrogen (secondary N) is 1. The molecular weight excluding hydrogens is 926 g/mol. The smallest absolute Gasteiger partial charge is 0.744 e. The maximum atomic E-state index is 12.3. The number of hydrogen-bond acceptors (Lipinski definition) is 18. The van der Waals surface area contributed by atoms with Crippen molar-refractivity contribution in [2.45, 2.75) is 14.7 Å². The minimum atomic E-state index is -5.28. The number of rotatable bonds is 9. The number of anilines is 1. The first-order chi connectivity index (χ1) is 24.1. The number of phenols is 2. The molecule has 0 aliphatic heterocycles. The summed E-state index contributed by atoms with van der Waals surface area (Å²) in [6.07, 6.45) is 0. The Kier molecular flexibility index (Phi) is 24.2. The van der Waals surface area contributed by atoms with Gasteiger partial charge in [-0.05, 0) is 41.8 Å². The quantitative estimate of drug-likeness (QED) is 0.0351. The molecule has 0 atom stereocenters. The summed E-state index contributed by atoms with van der Waals surface area (Å²) >= 11 is 0. The van der Waals surface area contributed by atoms with E-state index in [0.717, 1.165) is 12.1 Å². The Balaban J connectivity index is 0. The molecule has 0 saturated carbocycles. The summed E-state index contributed by atoms with van der Waals surface area (Å²) in [6, 6.07) is 16.5. The van der Waals surface area contributed by atoms with Crippen molar-refractivity contribution in [2.24, 2.45) is 20.5 Å². The van der Waals surface area contributed by atoms with E-state index >= 15 is 0 Å². The van der Waals surface area contributed by atoms with Crippen LogP contribution in [0.15, 0.2) is 102 Å². The fourth-order valence-electron chi connectivity index (χ4n) is 4.59. The summed E-state index contributed by atoms with van der Waals surface area (Å²) in [5, 5.41) is 40.6. The molecule has 0 aromatic heterocycles. The molecule has 0 saturated heterocycles. The van der Waals surface area contributed by atoms with Gasteiger partial charge in [-0.1, -0.05) is 40.8 Å². The zero-order valence-electron chi connectivity index (χ0n) is 30.3. The van der Waals surface area contributed by atoms with Crippen LogP contribution >= 0.6 is 0 Å². The van der Waals surface area contributed by atoms with Crippen molar-refractivity contribution in [3.05, 3.63) is 79.7 Å². The fourth-order valence-corrected chi connectivity index (χ4v) is 6.85. The van der Waals surface area contributed by atoms with Crippen molar-refractivity contribution >= 4 is 90.5 Å². The molecule has 0 amide bonds. The van der Waals surface area contributed by atoms with E-state index in [0.29, 0.717) is 11.8 Å². The van der Waals surface area contributed by atoms with Crippen LogP contribution in [0, 0.1) is 13.0 Å². The molecule has 0 spiro atoms. The number of aromatic hydroxyl groups is 2. The van der Waals surface area contributed by atoms with Crippen LogP contribution in [-0.2, 0) is 57.5 Å². The number of azo groups is 2. The Labute approximate surface area is 426 Å². The maximum absolute atomic E-state index is 12.3. The molecule has 19 nitrogen and oxygen atoms in total. The summed E-state index contributed by atoms with van der Waals surface area (Å²) in [5.74, 6) is -1.85. The zero-order valence-corrected chi connectivity index (χ0v) is 42.5. The number of phenolic OH excluding ortho intramolecular Hbond substituents is 2. The molecule has 5 aromatic carbocycles. The van der Waals surface area contributed by atoms with Gasteiger partial charge in [0, 0.05) is 46.6 Å². The fraction of sp³-hybridized carbons (Fsp3) is 0.0690. The molecule has 57 heavy (non-hydrogen) atoms. The van der Waals surface area contributed by atoms with Crippen molar-refractivity contribution in [3.8, 4) is 11.5 Å². The van der Waals surface area contributed by atoms with Crippen molar-refractivity contribution in [1.82, 2.24) is 0 Å². The SMILES string of the molecule is O=S(=O)([O-])O.[CH2-]CS(=O)(=O)c1cc(S(=O)(=O)[O-])c2c(O)c(N=Nc3[c-]cc4c(N=Nc5ccccc5S(=O)(=O)[O-])c(NC)ccc4c3O)ccc2c1.[Cu].[Na+].[Na+].[Na+].[Na+]. The Morgan fingerprint density at radius 1 is 0.719 bits per heavy atom. The van der Waals surface area contributed by atoms with Crippen LogP contribution in [0.5, 0.6) is 11.5 Å². The third kappa shape index (κ3) is 15.1. The predicted octanol–water partition coefficient (Wildman–Crippen LogP) is -7.49. The van der Waals surface area contributed by atoms with Gasteiger partial charge in [-0.3, -0.25) is 4.55 Å². The zero-order chi connectivity index (χ0) is 38.8. The van der Waals surface area contributed by atoms with Crippen LogP contribution in [-0.4, -0.2) is 74.9 Å². The second kappa shape index (κ2) is 23.6. The van der Waals surface area contributed by atoms with Gasteiger partial charge >= 0.3 is 118 Å².